The van der Waals surface area contributed by atoms with Gasteiger partial charge in [0.25, 0.3) is 0 Å². The average molecular weight is 246 g/mol. The molecular weight excluding hydrogens is 232 g/mol. The second kappa shape index (κ2) is 5.46. The van der Waals surface area contributed by atoms with Crippen LogP contribution in [0, 0.1) is 0 Å². The SMILES string of the molecule is SCc1cccc(-c2cccc(CS)c2)c1. The molecule has 0 N–H and O–H groups in total. The molecule has 0 saturated carbocycles. The molecule has 0 radical (unpaired) electrons. The molecule has 0 spiro atoms. The second-order valence-electron chi connectivity index (χ2n) is 3.72. The first-order chi connectivity index (χ1) is 7.83. The molecule has 82 valence electrons. The van der Waals surface area contributed by atoms with Gasteiger partial charge >= 0.3 is 0 Å². The summed E-state index contributed by atoms with van der Waals surface area (Å²) in [6.45, 7) is 0. The van der Waals surface area contributed by atoms with E-state index in [2.05, 4.69) is 73.8 Å². The lowest BCUT2D eigenvalue weighted by Crippen LogP contribution is -1.83. The van der Waals surface area contributed by atoms with Crippen molar-refractivity contribution in [3.63, 3.8) is 0 Å². The zero-order valence-electron chi connectivity index (χ0n) is 8.93. The third kappa shape index (κ3) is 2.63. The number of benzene rings is 2. The number of hydrogen-bond donors (Lipinski definition) is 2. The summed E-state index contributed by atoms with van der Waals surface area (Å²) in [7, 11) is 0. The molecule has 2 heteroatoms. The Hall–Kier alpha value is -0.860. The van der Waals surface area contributed by atoms with E-state index in [9.17, 15) is 0 Å². The predicted octanol–water partition coefficient (Wildman–Crippen LogP) is 4.21. The van der Waals surface area contributed by atoms with Gasteiger partial charge in [-0.05, 0) is 22.3 Å². The summed E-state index contributed by atoms with van der Waals surface area (Å²) in [4.78, 5) is 0. The molecule has 0 aliphatic rings. The largest absolute Gasteiger partial charge is 0.175 e. The van der Waals surface area contributed by atoms with Crippen LogP contribution in [0.4, 0.5) is 0 Å². The van der Waals surface area contributed by atoms with Gasteiger partial charge in [-0.1, -0.05) is 48.5 Å². The fraction of sp³-hybridized carbons (Fsp3) is 0.143. The fourth-order valence-electron chi connectivity index (χ4n) is 1.70. The van der Waals surface area contributed by atoms with E-state index in [1.807, 2.05) is 0 Å². The maximum absolute atomic E-state index is 4.30. The quantitative estimate of drug-likeness (QED) is 0.745. The Morgan fingerprint density at radius 2 is 1.12 bits per heavy atom. The Kier molecular flexibility index (Phi) is 3.97. The molecule has 0 bridgehead atoms. The average Bonchev–Trinajstić information content (AvgIpc) is 2.39. The molecule has 0 aromatic heterocycles. The highest BCUT2D eigenvalue weighted by Gasteiger charge is 1.99. The van der Waals surface area contributed by atoms with Crippen LogP contribution in [0.1, 0.15) is 11.1 Å². The summed E-state index contributed by atoms with van der Waals surface area (Å²) < 4.78 is 0. The summed E-state index contributed by atoms with van der Waals surface area (Å²) in [5, 5.41) is 0. The first-order valence-corrected chi connectivity index (χ1v) is 6.50. The topological polar surface area (TPSA) is 0 Å². The normalized spacial score (nSPS) is 10.4. The van der Waals surface area contributed by atoms with Gasteiger partial charge in [-0.25, -0.2) is 0 Å². The van der Waals surface area contributed by atoms with Gasteiger partial charge in [-0.15, -0.1) is 0 Å². The van der Waals surface area contributed by atoms with Crippen LogP contribution in [0.3, 0.4) is 0 Å². The molecule has 0 aliphatic heterocycles. The van der Waals surface area contributed by atoms with Gasteiger partial charge in [0.05, 0.1) is 0 Å². The number of thiol groups is 2. The molecule has 0 heterocycles. The Balaban J connectivity index is 2.41. The van der Waals surface area contributed by atoms with Crippen LogP contribution in [0.25, 0.3) is 11.1 Å². The molecule has 2 aromatic rings. The molecule has 0 saturated heterocycles. The highest BCUT2D eigenvalue weighted by atomic mass is 32.1. The van der Waals surface area contributed by atoms with Crippen LogP contribution in [-0.2, 0) is 11.5 Å². The van der Waals surface area contributed by atoms with Crippen molar-refractivity contribution in [3.8, 4) is 11.1 Å². The van der Waals surface area contributed by atoms with Crippen LogP contribution in [-0.4, -0.2) is 0 Å². The van der Waals surface area contributed by atoms with E-state index >= 15 is 0 Å². The van der Waals surface area contributed by atoms with Gasteiger partial charge < -0.3 is 0 Å². The molecule has 2 rings (SSSR count). The first-order valence-electron chi connectivity index (χ1n) is 5.23. The third-order valence-electron chi connectivity index (χ3n) is 2.55. The Labute approximate surface area is 108 Å². The van der Waals surface area contributed by atoms with Gasteiger partial charge in [-0.3, -0.25) is 0 Å². The smallest absolute Gasteiger partial charge is 0.0154 e. The van der Waals surface area contributed by atoms with Crippen molar-refractivity contribution in [2.24, 2.45) is 0 Å². The molecule has 2 aromatic carbocycles. The van der Waals surface area contributed by atoms with Crippen molar-refractivity contribution < 1.29 is 0 Å². The highest BCUT2D eigenvalue weighted by Crippen LogP contribution is 2.22. The van der Waals surface area contributed by atoms with E-state index in [1.165, 1.54) is 22.3 Å². The van der Waals surface area contributed by atoms with E-state index in [4.69, 9.17) is 0 Å². The van der Waals surface area contributed by atoms with Gasteiger partial charge in [0.1, 0.15) is 0 Å². The van der Waals surface area contributed by atoms with E-state index in [1.54, 1.807) is 0 Å². The Morgan fingerprint density at radius 3 is 1.50 bits per heavy atom. The monoisotopic (exact) mass is 246 g/mol. The zero-order chi connectivity index (χ0) is 11.4. The maximum Gasteiger partial charge on any atom is 0.0154 e. The summed E-state index contributed by atoms with van der Waals surface area (Å²) in [6, 6.07) is 17.0. The van der Waals surface area contributed by atoms with Crippen molar-refractivity contribution in [2.45, 2.75) is 11.5 Å². The van der Waals surface area contributed by atoms with E-state index in [0.717, 1.165) is 11.5 Å². The molecule has 0 nitrogen and oxygen atoms in total. The van der Waals surface area contributed by atoms with Crippen LogP contribution < -0.4 is 0 Å². The summed E-state index contributed by atoms with van der Waals surface area (Å²) >= 11 is 8.59. The summed E-state index contributed by atoms with van der Waals surface area (Å²) in [5.41, 5.74) is 4.99. The van der Waals surface area contributed by atoms with Crippen LogP contribution in [0.2, 0.25) is 0 Å². The standard InChI is InChI=1S/C14H14S2/c15-9-11-3-1-5-13(7-11)14-6-2-4-12(8-14)10-16/h1-8,15-16H,9-10H2. The highest BCUT2D eigenvalue weighted by molar-refractivity contribution is 7.79. The number of rotatable bonds is 3. The molecule has 16 heavy (non-hydrogen) atoms. The second-order valence-corrected chi connectivity index (χ2v) is 4.35. The Bertz CT molecular complexity index is 432. The Morgan fingerprint density at radius 1 is 0.688 bits per heavy atom. The molecule has 0 unspecified atom stereocenters. The van der Waals surface area contributed by atoms with E-state index < -0.39 is 0 Å². The predicted molar refractivity (Wildman–Crippen MR) is 77.3 cm³/mol. The first kappa shape index (κ1) is 11.6. The molecule has 0 atom stereocenters. The van der Waals surface area contributed by atoms with Gasteiger partial charge in [-0.2, -0.15) is 25.3 Å². The maximum atomic E-state index is 4.30. The van der Waals surface area contributed by atoms with E-state index in [0.29, 0.717) is 0 Å². The number of hydrogen-bond acceptors (Lipinski definition) is 2. The minimum Gasteiger partial charge on any atom is -0.175 e. The van der Waals surface area contributed by atoms with Crippen molar-refractivity contribution >= 4 is 25.3 Å². The van der Waals surface area contributed by atoms with E-state index in [-0.39, 0.29) is 0 Å². The van der Waals surface area contributed by atoms with Gasteiger partial charge in [0.2, 0.25) is 0 Å². The minimum atomic E-state index is 0.778. The van der Waals surface area contributed by atoms with Crippen LogP contribution >= 0.6 is 25.3 Å². The van der Waals surface area contributed by atoms with Crippen molar-refractivity contribution in [1.29, 1.82) is 0 Å². The molecular formula is C14H14S2. The van der Waals surface area contributed by atoms with Crippen molar-refractivity contribution in [1.82, 2.24) is 0 Å². The minimum absolute atomic E-state index is 0.778. The summed E-state index contributed by atoms with van der Waals surface area (Å²) in [6.07, 6.45) is 0. The van der Waals surface area contributed by atoms with Crippen LogP contribution in [0.5, 0.6) is 0 Å². The third-order valence-corrected chi connectivity index (χ3v) is 3.28. The summed E-state index contributed by atoms with van der Waals surface area (Å²) in [5.74, 6) is 1.56. The zero-order valence-corrected chi connectivity index (χ0v) is 10.7. The van der Waals surface area contributed by atoms with Gasteiger partial charge in [0.15, 0.2) is 0 Å². The lowest BCUT2D eigenvalue weighted by molar-refractivity contribution is 1.40. The van der Waals surface area contributed by atoms with Gasteiger partial charge in [0, 0.05) is 11.5 Å². The lowest BCUT2D eigenvalue weighted by Gasteiger charge is -2.05. The van der Waals surface area contributed by atoms with Crippen molar-refractivity contribution in [2.75, 3.05) is 0 Å². The van der Waals surface area contributed by atoms with Crippen LogP contribution in [0.15, 0.2) is 48.5 Å². The van der Waals surface area contributed by atoms with Crippen molar-refractivity contribution in [3.05, 3.63) is 59.7 Å². The molecule has 0 fully saturated rings. The fourth-order valence-corrected chi connectivity index (χ4v) is 2.09. The molecule has 0 amide bonds. The molecule has 0 aliphatic carbocycles. The lowest BCUT2D eigenvalue weighted by atomic mass is 10.0.